The highest BCUT2D eigenvalue weighted by molar-refractivity contribution is 6.09. The molecule has 286 valence electrons. The molecule has 12 aromatic rings. The largest absolute Gasteiger partial charge is 0.456 e. The van der Waals surface area contributed by atoms with Crippen LogP contribution in [-0.2, 0) is 0 Å². The molecule has 0 aliphatic carbocycles. The maximum Gasteiger partial charge on any atom is 0.135 e. The summed E-state index contributed by atoms with van der Waals surface area (Å²) >= 11 is 0. The molecular formula is C58H38N2O. The summed E-state index contributed by atoms with van der Waals surface area (Å²) in [6.07, 6.45) is 0. The van der Waals surface area contributed by atoms with Gasteiger partial charge in [-0.15, -0.1) is 0 Å². The monoisotopic (exact) mass is 778 g/mol. The van der Waals surface area contributed by atoms with Crippen LogP contribution in [0.4, 0.5) is 17.1 Å². The van der Waals surface area contributed by atoms with Crippen molar-refractivity contribution in [3.63, 3.8) is 0 Å². The average molecular weight is 779 g/mol. The van der Waals surface area contributed by atoms with E-state index in [2.05, 4.69) is 228 Å². The van der Waals surface area contributed by atoms with E-state index < -0.39 is 0 Å². The Morgan fingerprint density at radius 3 is 1.54 bits per heavy atom. The molecule has 0 atom stereocenters. The van der Waals surface area contributed by atoms with Crippen LogP contribution in [0.2, 0.25) is 0 Å². The first kappa shape index (κ1) is 34.9. The highest BCUT2D eigenvalue weighted by Crippen LogP contribution is 2.40. The third-order valence-corrected chi connectivity index (χ3v) is 12.2. The molecule has 2 aromatic heterocycles. The second-order valence-corrected chi connectivity index (χ2v) is 15.8. The Morgan fingerprint density at radius 2 is 0.820 bits per heavy atom. The molecule has 61 heavy (non-hydrogen) atoms. The lowest BCUT2D eigenvalue weighted by Gasteiger charge is -2.26. The molecule has 0 aliphatic heterocycles. The molecule has 0 saturated heterocycles. The number of aromatic nitrogens is 1. The zero-order chi connectivity index (χ0) is 40.3. The predicted octanol–water partition coefficient (Wildman–Crippen LogP) is 16.3. The minimum Gasteiger partial charge on any atom is -0.456 e. The van der Waals surface area contributed by atoms with Crippen LogP contribution in [0.25, 0.3) is 93.6 Å². The Hall–Kier alpha value is -8.14. The van der Waals surface area contributed by atoms with Crippen molar-refractivity contribution in [1.29, 1.82) is 0 Å². The van der Waals surface area contributed by atoms with Gasteiger partial charge < -0.3 is 13.9 Å². The molecule has 0 radical (unpaired) electrons. The van der Waals surface area contributed by atoms with Crippen molar-refractivity contribution in [3.05, 3.63) is 231 Å². The quantitative estimate of drug-likeness (QED) is 0.161. The molecule has 0 unspecified atom stereocenters. The number of hydrogen-bond donors (Lipinski definition) is 0. The van der Waals surface area contributed by atoms with Crippen LogP contribution in [0.15, 0.2) is 235 Å². The van der Waals surface area contributed by atoms with Gasteiger partial charge in [0.25, 0.3) is 0 Å². The Kier molecular flexibility index (Phi) is 8.17. The number of fused-ring (bicyclic) bond motifs is 7. The number of rotatable bonds is 7. The lowest BCUT2D eigenvalue weighted by Crippen LogP contribution is -2.10. The van der Waals surface area contributed by atoms with Gasteiger partial charge in [-0.25, -0.2) is 0 Å². The van der Waals surface area contributed by atoms with E-state index in [-0.39, 0.29) is 0 Å². The Morgan fingerprint density at radius 1 is 0.295 bits per heavy atom. The first-order chi connectivity index (χ1) is 30.2. The van der Waals surface area contributed by atoms with E-state index >= 15 is 0 Å². The smallest absolute Gasteiger partial charge is 0.135 e. The molecule has 0 saturated carbocycles. The lowest BCUT2D eigenvalue weighted by atomic mass is 9.97. The van der Waals surface area contributed by atoms with E-state index in [4.69, 9.17) is 4.42 Å². The zero-order valence-corrected chi connectivity index (χ0v) is 33.2. The molecule has 0 aliphatic rings. The van der Waals surface area contributed by atoms with E-state index in [0.29, 0.717) is 0 Å². The summed E-state index contributed by atoms with van der Waals surface area (Å²) in [4.78, 5) is 2.36. The number of nitrogens with zero attached hydrogens (tertiary/aromatic N) is 2. The van der Waals surface area contributed by atoms with Crippen molar-refractivity contribution < 1.29 is 4.42 Å². The van der Waals surface area contributed by atoms with Gasteiger partial charge >= 0.3 is 0 Å². The zero-order valence-electron chi connectivity index (χ0n) is 33.2. The van der Waals surface area contributed by atoms with Crippen molar-refractivity contribution in [1.82, 2.24) is 4.57 Å². The van der Waals surface area contributed by atoms with Crippen LogP contribution < -0.4 is 4.90 Å². The van der Waals surface area contributed by atoms with Gasteiger partial charge in [-0.05, 0) is 129 Å². The highest BCUT2D eigenvalue weighted by Gasteiger charge is 2.17. The molecule has 2 heterocycles. The van der Waals surface area contributed by atoms with Gasteiger partial charge in [0.05, 0.1) is 11.0 Å². The minimum absolute atomic E-state index is 0.903. The van der Waals surface area contributed by atoms with Crippen LogP contribution in [0.1, 0.15) is 0 Å². The predicted molar refractivity (Wildman–Crippen MR) is 257 cm³/mol. The molecule has 0 spiro atoms. The standard InChI is InChI=1S/C58H38N2O/c1-2-12-42-36-45(24-23-39(42)11-1)44-14-9-13-43(35-44)40-25-30-47(31-26-40)59(48-32-27-41(28-33-48)46-29-34-58-54(37-46)53-19-5-8-22-57(53)61-58)49-15-10-16-50(38-49)60-55-20-6-3-17-51(55)52-18-4-7-21-56(52)60/h1-38H. The number of hydrogen-bond acceptors (Lipinski definition) is 2. The van der Waals surface area contributed by atoms with Gasteiger partial charge in [-0.2, -0.15) is 0 Å². The second kappa shape index (κ2) is 14.3. The SMILES string of the molecule is c1cc(-c2ccc(N(c3ccc(-c4ccc5oc6ccccc6c5c4)cc3)c3cccc(-n4c5ccccc5c5ccccc54)c3)cc2)cc(-c2ccc3ccccc3c2)c1. The fourth-order valence-corrected chi connectivity index (χ4v) is 9.18. The van der Waals surface area contributed by atoms with Crippen molar-refractivity contribution in [2.45, 2.75) is 0 Å². The van der Waals surface area contributed by atoms with Crippen LogP contribution >= 0.6 is 0 Å². The maximum atomic E-state index is 6.14. The molecule has 10 aromatic carbocycles. The Labute approximate surface area is 353 Å². The number of benzene rings is 10. The van der Waals surface area contributed by atoms with Gasteiger partial charge in [0.1, 0.15) is 11.2 Å². The van der Waals surface area contributed by atoms with Crippen molar-refractivity contribution in [3.8, 4) is 39.1 Å². The van der Waals surface area contributed by atoms with Crippen molar-refractivity contribution in [2.24, 2.45) is 0 Å². The first-order valence-corrected chi connectivity index (χ1v) is 20.8. The fourth-order valence-electron chi connectivity index (χ4n) is 9.18. The van der Waals surface area contributed by atoms with Crippen LogP contribution in [0.3, 0.4) is 0 Å². The van der Waals surface area contributed by atoms with Crippen LogP contribution in [-0.4, -0.2) is 4.57 Å². The summed E-state index contributed by atoms with van der Waals surface area (Å²) in [5, 5.41) is 7.26. The third-order valence-electron chi connectivity index (χ3n) is 12.2. The summed E-state index contributed by atoms with van der Waals surface area (Å²) in [5.74, 6) is 0. The molecule has 0 amide bonds. The average Bonchev–Trinajstić information content (AvgIpc) is 3.88. The second-order valence-electron chi connectivity index (χ2n) is 15.8. The molecule has 0 fully saturated rings. The van der Waals surface area contributed by atoms with Gasteiger partial charge in [0, 0.05) is 44.3 Å². The summed E-state index contributed by atoms with van der Waals surface area (Å²) < 4.78 is 8.53. The van der Waals surface area contributed by atoms with Crippen molar-refractivity contribution in [2.75, 3.05) is 4.90 Å². The van der Waals surface area contributed by atoms with E-state index in [1.165, 1.54) is 54.8 Å². The highest BCUT2D eigenvalue weighted by atomic mass is 16.3. The maximum absolute atomic E-state index is 6.14. The lowest BCUT2D eigenvalue weighted by molar-refractivity contribution is 0.669. The Balaban J connectivity index is 0.950. The topological polar surface area (TPSA) is 21.3 Å². The molecule has 12 rings (SSSR count). The van der Waals surface area contributed by atoms with Crippen LogP contribution in [0.5, 0.6) is 0 Å². The van der Waals surface area contributed by atoms with Gasteiger partial charge in [-0.1, -0.05) is 146 Å². The molecule has 3 heteroatoms. The van der Waals surface area contributed by atoms with Crippen molar-refractivity contribution >= 4 is 71.6 Å². The summed E-state index contributed by atoms with van der Waals surface area (Å²) in [5.41, 5.74) is 15.6. The Bertz CT molecular complexity index is 3540. The van der Waals surface area contributed by atoms with Gasteiger partial charge in [-0.3, -0.25) is 0 Å². The minimum atomic E-state index is 0.903. The normalized spacial score (nSPS) is 11.6. The molecular weight excluding hydrogens is 741 g/mol. The fraction of sp³-hybridized carbons (Fsp3) is 0. The van der Waals surface area contributed by atoms with E-state index in [1.807, 2.05) is 12.1 Å². The van der Waals surface area contributed by atoms with E-state index in [0.717, 1.165) is 55.8 Å². The van der Waals surface area contributed by atoms with Crippen LogP contribution in [0, 0.1) is 0 Å². The molecule has 0 bridgehead atoms. The summed E-state index contributed by atoms with van der Waals surface area (Å²) in [6.45, 7) is 0. The van der Waals surface area contributed by atoms with E-state index in [1.54, 1.807) is 0 Å². The number of para-hydroxylation sites is 3. The van der Waals surface area contributed by atoms with E-state index in [9.17, 15) is 0 Å². The van der Waals surface area contributed by atoms with Gasteiger partial charge in [0.2, 0.25) is 0 Å². The summed E-state index contributed by atoms with van der Waals surface area (Å²) in [6, 6.07) is 83.1. The van der Waals surface area contributed by atoms with Gasteiger partial charge in [0.15, 0.2) is 0 Å². The molecule has 0 N–H and O–H groups in total. The third kappa shape index (κ3) is 6.06. The first-order valence-electron chi connectivity index (χ1n) is 20.8. The number of furan rings is 1. The molecule has 3 nitrogen and oxygen atoms in total. The summed E-state index contributed by atoms with van der Waals surface area (Å²) in [7, 11) is 0. The number of anilines is 3.